The molecule has 0 aliphatic carbocycles. The lowest BCUT2D eigenvalue weighted by atomic mass is 10.0. The summed E-state index contributed by atoms with van der Waals surface area (Å²) in [7, 11) is 1.86. The van der Waals surface area contributed by atoms with Crippen LogP contribution in [0.1, 0.15) is 53.1 Å². The average Bonchev–Trinajstić information content (AvgIpc) is 2.95. The van der Waals surface area contributed by atoms with E-state index in [2.05, 4.69) is 16.5 Å². The van der Waals surface area contributed by atoms with Crippen LogP contribution in [0.3, 0.4) is 0 Å². The quantitative estimate of drug-likeness (QED) is 0.882. The number of aromatic nitrogens is 2. The van der Waals surface area contributed by atoms with Gasteiger partial charge < -0.3 is 10.2 Å². The van der Waals surface area contributed by atoms with Crippen molar-refractivity contribution in [3.05, 3.63) is 52.3 Å². The summed E-state index contributed by atoms with van der Waals surface area (Å²) in [6.45, 7) is 7.72. The van der Waals surface area contributed by atoms with Crippen molar-refractivity contribution < 1.29 is 9.59 Å². The van der Waals surface area contributed by atoms with Gasteiger partial charge in [-0.3, -0.25) is 14.3 Å². The summed E-state index contributed by atoms with van der Waals surface area (Å²) in [5, 5.41) is 7.41. The summed E-state index contributed by atoms with van der Waals surface area (Å²) in [6, 6.07) is 8.06. The van der Waals surface area contributed by atoms with Crippen molar-refractivity contribution in [2.24, 2.45) is 13.0 Å². The van der Waals surface area contributed by atoms with Crippen molar-refractivity contribution >= 4 is 11.8 Å². The third-order valence-corrected chi connectivity index (χ3v) is 4.93. The first-order chi connectivity index (χ1) is 12.8. The lowest BCUT2D eigenvalue weighted by Gasteiger charge is -2.28. The molecule has 2 amide bonds. The second-order valence-corrected chi connectivity index (χ2v) is 7.73. The molecule has 0 bridgehead atoms. The largest absolute Gasteiger partial charge is 0.347 e. The second kappa shape index (κ2) is 7.94. The van der Waals surface area contributed by atoms with E-state index in [0.29, 0.717) is 37.7 Å². The van der Waals surface area contributed by atoms with Gasteiger partial charge >= 0.3 is 0 Å². The van der Waals surface area contributed by atoms with Crippen LogP contribution in [0.4, 0.5) is 0 Å². The molecule has 0 atom stereocenters. The van der Waals surface area contributed by atoms with E-state index in [-0.39, 0.29) is 11.8 Å². The molecule has 0 fully saturated rings. The number of amides is 2. The number of carbonyl (C=O) groups is 2. The minimum atomic E-state index is -0.188. The summed E-state index contributed by atoms with van der Waals surface area (Å²) in [5.41, 5.74) is 4.58. The van der Waals surface area contributed by atoms with Gasteiger partial charge in [0.2, 0.25) is 5.91 Å². The molecule has 1 aliphatic heterocycles. The Kier molecular flexibility index (Phi) is 5.63. The fraction of sp³-hybridized carbons (Fsp3) is 0.476. The Morgan fingerprint density at radius 1 is 1.30 bits per heavy atom. The molecule has 1 aromatic heterocycles. The van der Waals surface area contributed by atoms with Crippen LogP contribution in [-0.4, -0.2) is 33.0 Å². The number of carbonyl (C=O) groups excluding carboxylic acids is 2. The SMILES string of the molecule is Cc1cccc(CNC(=O)c2nn(C)c3c2CN(C(=O)CC(C)C)CC3)c1. The Bertz CT molecular complexity index is 854. The third-order valence-electron chi connectivity index (χ3n) is 4.93. The van der Waals surface area contributed by atoms with Crippen molar-refractivity contribution in [3.8, 4) is 0 Å². The summed E-state index contributed by atoms with van der Waals surface area (Å²) in [6.07, 6.45) is 1.26. The number of nitrogens with one attached hydrogen (secondary N) is 1. The zero-order valence-corrected chi connectivity index (χ0v) is 16.6. The van der Waals surface area contributed by atoms with E-state index in [4.69, 9.17) is 0 Å². The first-order valence-corrected chi connectivity index (χ1v) is 9.51. The lowest BCUT2D eigenvalue weighted by molar-refractivity contribution is -0.132. The lowest BCUT2D eigenvalue weighted by Crippen LogP contribution is -2.37. The van der Waals surface area contributed by atoms with Crippen LogP contribution in [0, 0.1) is 12.8 Å². The Hall–Kier alpha value is -2.63. The first-order valence-electron chi connectivity index (χ1n) is 9.51. The predicted octanol–water partition coefficient (Wildman–Crippen LogP) is 2.59. The standard InChI is InChI=1S/C21H28N4O2/c1-14(2)10-19(26)25-9-8-18-17(13-25)20(23-24(18)4)21(27)22-12-16-7-5-6-15(3)11-16/h5-7,11,14H,8-10,12-13H2,1-4H3,(H,22,27). The van der Waals surface area contributed by atoms with Crippen LogP contribution >= 0.6 is 0 Å². The van der Waals surface area contributed by atoms with Crippen LogP contribution in [0.15, 0.2) is 24.3 Å². The van der Waals surface area contributed by atoms with Crippen molar-refractivity contribution in [1.29, 1.82) is 0 Å². The number of benzene rings is 1. The van der Waals surface area contributed by atoms with E-state index in [0.717, 1.165) is 28.8 Å². The molecule has 1 aliphatic rings. The third kappa shape index (κ3) is 4.38. The second-order valence-electron chi connectivity index (χ2n) is 7.73. The van der Waals surface area contributed by atoms with Gasteiger partial charge in [-0.25, -0.2) is 0 Å². The maximum absolute atomic E-state index is 12.8. The molecule has 1 N–H and O–H groups in total. The minimum Gasteiger partial charge on any atom is -0.347 e. The van der Waals surface area contributed by atoms with E-state index < -0.39 is 0 Å². The maximum Gasteiger partial charge on any atom is 0.272 e. The molecule has 0 radical (unpaired) electrons. The fourth-order valence-corrected chi connectivity index (χ4v) is 3.55. The highest BCUT2D eigenvalue weighted by Gasteiger charge is 2.29. The summed E-state index contributed by atoms with van der Waals surface area (Å²) < 4.78 is 1.78. The van der Waals surface area contributed by atoms with Gasteiger partial charge in [-0.05, 0) is 18.4 Å². The van der Waals surface area contributed by atoms with Gasteiger partial charge in [-0.1, -0.05) is 43.7 Å². The van der Waals surface area contributed by atoms with Gasteiger partial charge in [-0.15, -0.1) is 0 Å². The Balaban J connectivity index is 1.73. The Labute approximate surface area is 160 Å². The number of nitrogens with zero attached hydrogens (tertiary/aromatic N) is 3. The molecule has 6 heteroatoms. The van der Waals surface area contributed by atoms with E-state index in [1.54, 1.807) is 4.68 Å². The number of fused-ring (bicyclic) bond motifs is 1. The molecule has 0 spiro atoms. The van der Waals surface area contributed by atoms with Crippen LogP contribution in [0.2, 0.25) is 0 Å². The number of hydrogen-bond acceptors (Lipinski definition) is 3. The number of aryl methyl sites for hydroxylation is 2. The summed E-state index contributed by atoms with van der Waals surface area (Å²) in [5.74, 6) is 0.280. The van der Waals surface area contributed by atoms with Gasteiger partial charge in [0.1, 0.15) is 0 Å². The molecule has 0 saturated carbocycles. The fourth-order valence-electron chi connectivity index (χ4n) is 3.55. The van der Waals surface area contributed by atoms with Crippen LogP contribution in [0.5, 0.6) is 0 Å². The minimum absolute atomic E-state index is 0.144. The number of hydrogen-bond donors (Lipinski definition) is 1. The normalized spacial score (nSPS) is 13.6. The van der Waals surface area contributed by atoms with Crippen molar-refractivity contribution in [2.45, 2.75) is 46.7 Å². The highest BCUT2D eigenvalue weighted by atomic mass is 16.2. The predicted molar refractivity (Wildman–Crippen MR) is 104 cm³/mol. The highest BCUT2D eigenvalue weighted by Crippen LogP contribution is 2.23. The van der Waals surface area contributed by atoms with Gasteiger partial charge in [0.25, 0.3) is 5.91 Å². The monoisotopic (exact) mass is 368 g/mol. The molecule has 0 saturated heterocycles. The molecule has 1 aromatic carbocycles. The average molecular weight is 368 g/mol. The van der Waals surface area contributed by atoms with Crippen LogP contribution in [-0.2, 0) is 31.4 Å². The number of rotatable bonds is 5. The van der Waals surface area contributed by atoms with Gasteiger partial charge in [-0.2, -0.15) is 5.10 Å². The van der Waals surface area contributed by atoms with Gasteiger partial charge in [0, 0.05) is 50.8 Å². The van der Waals surface area contributed by atoms with Crippen molar-refractivity contribution in [3.63, 3.8) is 0 Å². The first kappa shape index (κ1) is 19.1. The van der Waals surface area contributed by atoms with Crippen molar-refractivity contribution in [2.75, 3.05) is 6.54 Å². The van der Waals surface area contributed by atoms with E-state index in [1.165, 1.54) is 0 Å². The zero-order valence-electron chi connectivity index (χ0n) is 16.6. The molecule has 2 aromatic rings. The Morgan fingerprint density at radius 2 is 2.07 bits per heavy atom. The van der Waals surface area contributed by atoms with Gasteiger partial charge in [0.05, 0.1) is 0 Å². The summed E-state index contributed by atoms with van der Waals surface area (Å²) >= 11 is 0. The summed E-state index contributed by atoms with van der Waals surface area (Å²) in [4.78, 5) is 27.0. The molecular formula is C21H28N4O2. The molecule has 3 rings (SSSR count). The molecule has 0 unspecified atom stereocenters. The maximum atomic E-state index is 12.8. The van der Waals surface area contributed by atoms with Crippen LogP contribution < -0.4 is 5.32 Å². The Morgan fingerprint density at radius 3 is 2.78 bits per heavy atom. The zero-order chi connectivity index (χ0) is 19.6. The van der Waals surface area contributed by atoms with E-state index >= 15 is 0 Å². The molecular weight excluding hydrogens is 340 g/mol. The molecule has 144 valence electrons. The molecule has 27 heavy (non-hydrogen) atoms. The van der Waals surface area contributed by atoms with E-state index in [1.807, 2.05) is 50.9 Å². The van der Waals surface area contributed by atoms with Gasteiger partial charge in [0.15, 0.2) is 5.69 Å². The smallest absolute Gasteiger partial charge is 0.272 e. The highest BCUT2D eigenvalue weighted by molar-refractivity contribution is 5.94. The molecule has 6 nitrogen and oxygen atoms in total. The van der Waals surface area contributed by atoms with Crippen molar-refractivity contribution in [1.82, 2.24) is 20.0 Å². The van der Waals surface area contributed by atoms with E-state index in [9.17, 15) is 9.59 Å². The topological polar surface area (TPSA) is 67.2 Å². The molecule has 2 heterocycles. The van der Waals surface area contributed by atoms with Crippen LogP contribution in [0.25, 0.3) is 0 Å².